The van der Waals surface area contributed by atoms with Crippen molar-refractivity contribution in [3.05, 3.63) is 23.8 Å². The van der Waals surface area contributed by atoms with Crippen molar-refractivity contribution >= 4 is 24.8 Å². The number of piperazine rings is 1. The summed E-state index contributed by atoms with van der Waals surface area (Å²) >= 11 is 0. The van der Waals surface area contributed by atoms with Gasteiger partial charge in [-0.15, -0.1) is 24.8 Å². The highest BCUT2D eigenvalue weighted by Gasteiger charge is 2.32. The first-order valence-electron chi connectivity index (χ1n) is 8.61. The van der Waals surface area contributed by atoms with Crippen molar-refractivity contribution < 1.29 is 9.84 Å². The molecule has 3 rings (SSSR count). The summed E-state index contributed by atoms with van der Waals surface area (Å²) in [5, 5.41) is 13.2. The van der Waals surface area contributed by atoms with Crippen LogP contribution in [0.2, 0.25) is 0 Å². The fraction of sp³-hybridized carbons (Fsp3) is 0.667. The lowest BCUT2D eigenvalue weighted by atomic mass is 9.80. The fourth-order valence-electron chi connectivity index (χ4n) is 4.10. The molecule has 0 aromatic heterocycles. The van der Waals surface area contributed by atoms with E-state index in [0.717, 1.165) is 31.9 Å². The minimum Gasteiger partial charge on any atom is -0.508 e. The van der Waals surface area contributed by atoms with Crippen molar-refractivity contribution in [1.29, 1.82) is 0 Å². The summed E-state index contributed by atoms with van der Waals surface area (Å²) in [6.07, 6.45) is 6.66. The number of phenols is 1. The Bertz CT molecular complexity index is 472. The summed E-state index contributed by atoms with van der Waals surface area (Å²) < 4.78 is 5.59. The van der Waals surface area contributed by atoms with Crippen LogP contribution >= 0.6 is 24.8 Å². The van der Waals surface area contributed by atoms with Gasteiger partial charge in [-0.3, -0.25) is 4.90 Å². The third-order valence-corrected chi connectivity index (χ3v) is 5.18. The molecule has 1 saturated heterocycles. The molecule has 1 saturated carbocycles. The van der Waals surface area contributed by atoms with E-state index in [1.165, 1.54) is 37.7 Å². The Morgan fingerprint density at radius 1 is 1.12 bits per heavy atom. The van der Waals surface area contributed by atoms with Crippen LogP contribution in [0.1, 0.15) is 43.7 Å². The van der Waals surface area contributed by atoms with Crippen molar-refractivity contribution in [2.75, 3.05) is 33.3 Å². The molecule has 1 atom stereocenters. The second-order valence-corrected chi connectivity index (χ2v) is 6.56. The number of ether oxygens (including phenoxy) is 1. The Kier molecular flexibility index (Phi) is 9.21. The average molecular weight is 377 g/mol. The van der Waals surface area contributed by atoms with E-state index in [-0.39, 0.29) is 30.6 Å². The summed E-state index contributed by atoms with van der Waals surface area (Å²) in [4.78, 5) is 2.61. The number of benzene rings is 1. The molecular formula is C18H30Cl2N2O2. The van der Waals surface area contributed by atoms with Crippen LogP contribution in [0, 0.1) is 5.92 Å². The predicted octanol–water partition coefficient (Wildman–Crippen LogP) is 3.77. The molecule has 4 nitrogen and oxygen atoms in total. The van der Waals surface area contributed by atoms with Crippen LogP contribution in [-0.4, -0.2) is 43.3 Å². The number of hydrogen-bond acceptors (Lipinski definition) is 4. The van der Waals surface area contributed by atoms with Gasteiger partial charge in [0.1, 0.15) is 11.5 Å². The van der Waals surface area contributed by atoms with Crippen LogP contribution < -0.4 is 10.1 Å². The van der Waals surface area contributed by atoms with Crippen molar-refractivity contribution in [3.63, 3.8) is 0 Å². The van der Waals surface area contributed by atoms with Gasteiger partial charge in [-0.2, -0.15) is 0 Å². The third kappa shape index (κ3) is 4.92. The largest absolute Gasteiger partial charge is 0.508 e. The Hall–Kier alpha value is -0.680. The lowest BCUT2D eigenvalue weighted by Gasteiger charge is -2.41. The molecule has 2 N–H and O–H groups in total. The number of rotatable bonds is 4. The summed E-state index contributed by atoms with van der Waals surface area (Å²) in [5.41, 5.74) is 1.24. The standard InChI is InChI=1S/C18H28N2O2.2ClH/c1-22-17-13-15(21)7-8-16(17)18(14-5-3-2-4-6-14)20-11-9-19-10-12-20;;/h7-8,13-14,18-19,21H,2-6,9-12H2,1H3;2*1H/t18-;;/m0../s1. The summed E-state index contributed by atoms with van der Waals surface area (Å²) in [7, 11) is 1.70. The molecule has 24 heavy (non-hydrogen) atoms. The molecule has 0 spiro atoms. The number of halogens is 2. The van der Waals surface area contributed by atoms with E-state index in [4.69, 9.17) is 4.74 Å². The van der Waals surface area contributed by atoms with Gasteiger partial charge in [0, 0.05) is 43.9 Å². The summed E-state index contributed by atoms with van der Waals surface area (Å²) in [5.74, 6) is 1.81. The zero-order valence-electron chi connectivity index (χ0n) is 14.4. The van der Waals surface area contributed by atoms with E-state index in [2.05, 4.69) is 16.3 Å². The third-order valence-electron chi connectivity index (χ3n) is 5.18. The number of nitrogens with one attached hydrogen (secondary N) is 1. The number of methoxy groups -OCH3 is 1. The highest BCUT2D eigenvalue weighted by atomic mass is 35.5. The van der Waals surface area contributed by atoms with E-state index in [1.807, 2.05) is 0 Å². The lowest BCUT2D eigenvalue weighted by molar-refractivity contribution is 0.101. The first-order valence-corrected chi connectivity index (χ1v) is 8.61. The van der Waals surface area contributed by atoms with Gasteiger partial charge in [0.2, 0.25) is 0 Å². The monoisotopic (exact) mass is 376 g/mol. The molecule has 2 aliphatic rings. The number of nitrogens with zero attached hydrogens (tertiary/aromatic N) is 1. The minimum absolute atomic E-state index is 0. The van der Waals surface area contributed by atoms with Crippen LogP contribution in [0.15, 0.2) is 18.2 Å². The lowest BCUT2D eigenvalue weighted by Crippen LogP contribution is -2.47. The van der Waals surface area contributed by atoms with Crippen molar-refractivity contribution in [1.82, 2.24) is 10.2 Å². The van der Waals surface area contributed by atoms with E-state index < -0.39 is 0 Å². The van der Waals surface area contributed by atoms with Gasteiger partial charge in [-0.1, -0.05) is 25.3 Å². The maximum atomic E-state index is 9.77. The molecule has 0 radical (unpaired) electrons. The zero-order valence-corrected chi connectivity index (χ0v) is 16.0. The first-order chi connectivity index (χ1) is 10.8. The van der Waals surface area contributed by atoms with Crippen molar-refractivity contribution in [2.24, 2.45) is 5.92 Å². The summed E-state index contributed by atoms with van der Waals surface area (Å²) in [6, 6.07) is 6.04. The van der Waals surface area contributed by atoms with Crippen LogP contribution in [0.5, 0.6) is 11.5 Å². The number of aromatic hydroxyl groups is 1. The smallest absolute Gasteiger partial charge is 0.127 e. The minimum atomic E-state index is 0. The average Bonchev–Trinajstić information content (AvgIpc) is 2.58. The molecule has 1 aliphatic heterocycles. The van der Waals surface area contributed by atoms with Crippen molar-refractivity contribution in [2.45, 2.75) is 38.1 Å². The Morgan fingerprint density at radius 3 is 2.42 bits per heavy atom. The molecule has 0 bridgehead atoms. The molecule has 6 heteroatoms. The quantitative estimate of drug-likeness (QED) is 0.839. The van der Waals surface area contributed by atoms with E-state index >= 15 is 0 Å². The fourth-order valence-corrected chi connectivity index (χ4v) is 4.10. The topological polar surface area (TPSA) is 44.7 Å². The Morgan fingerprint density at radius 2 is 1.79 bits per heavy atom. The normalized spacial score (nSPS) is 20.5. The highest BCUT2D eigenvalue weighted by Crippen LogP contribution is 2.42. The molecule has 1 aromatic carbocycles. The molecule has 1 aromatic rings. The van der Waals surface area contributed by atoms with Gasteiger partial charge < -0.3 is 15.2 Å². The predicted molar refractivity (Wildman–Crippen MR) is 103 cm³/mol. The van der Waals surface area contributed by atoms with Gasteiger partial charge in [-0.25, -0.2) is 0 Å². The Balaban J connectivity index is 0.00000144. The molecule has 0 unspecified atom stereocenters. The van der Waals surface area contributed by atoms with Gasteiger partial charge >= 0.3 is 0 Å². The van der Waals surface area contributed by atoms with Crippen LogP contribution in [0.25, 0.3) is 0 Å². The first kappa shape index (κ1) is 21.4. The number of hydrogen-bond donors (Lipinski definition) is 2. The maximum Gasteiger partial charge on any atom is 0.127 e. The molecule has 2 fully saturated rings. The second kappa shape index (κ2) is 10.3. The maximum absolute atomic E-state index is 9.77. The van der Waals surface area contributed by atoms with Gasteiger partial charge in [-0.05, 0) is 24.8 Å². The van der Waals surface area contributed by atoms with E-state index in [0.29, 0.717) is 12.0 Å². The van der Waals surface area contributed by atoms with Crippen molar-refractivity contribution in [3.8, 4) is 11.5 Å². The number of phenolic OH excluding ortho intramolecular Hbond substituents is 1. The van der Waals surface area contributed by atoms with E-state index in [9.17, 15) is 5.11 Å². The SMILES string of the molecule is COc1cc(O)ccc1[C@H](C1CCCCC1)N1CCNCC1.Cl.Cl. The zero-order chi connectivity index (χ0) is 15.4. The highest BCUT2D eigenvalue weighted by molar-refractivity contribution is 5.85. The molecule has 1 heterocycles. The van der Waals surface area contributed by atoms with Crippen LogP contribution in [0.3, 0.4) is 0 Å². The van der Waals surface area contributed by atoms with Gasteiger partial charge in [0.15, 0.2) is 0 Å². The summed E-state index contributed by atoms with van der Waals surface area (Å²) in [6.45, 7) is 4.30. The van der Waals surface area contributed by atoms with Crippen LogP contribution in [0.4, 0.5) is 0 Å². The van der Waals surface area contributed by atoms with Gasteiger partial charge in [0.05, 0.1) is 7.11 Å². The molecule has 1 aliphatic carbocycles. The second-order valence-electron chi connectivity index (χ2n) is 6.56. The molecule has 138 valence electrons. The van der Waals surface area contributed by atoms with Crippen LogP contribution in [-0.2, 0) is 0 Å². The van der Waals surface area contributed by atoms with E-state index in [1.54, 1.807) is 19.2 Å². The van der Waals surface area contributed by atoms with Gasteiger partial charge in [0.25, 0.3) is 0 Å². The molecular weight excluding hydrogens is 347 g/mol. The Labute approximate surface area is 157 Å². The molecule has 0 amide bonds.